The van der Waals surface area contributed by atoms with Gasteiger partial charge in [-0.25, -0.2) is 18.3 Å². The van der Waals surface area contributed by atoms with Crippen LogP contribution in [-0.2, 0) is 92.6 Å². The number of nitrogens with two attached hydrogens (primary N) is 1. The molecule has 6 saturated carbocycles. The Kier molecular flexibility index (Phi) is 23.1. The van der Waals surface area contributed by atoms with Crippen LogP contribution >= 0.6 is 31.3 Å². The molecular formula is C64H94N2O26P4. The van der Waals surface area contributed by atoms with Crippen LogP contribution < -0.4 is 11.1 Å². The van der Waals surface area contributed by atoms with Gasteiger partial charge in [-0.15, -0.1) is 5.92 Å². The van der Waals surface area contributed by atoms with Crippen molar-refractivity contribution in [2.24, 2.45) is 62.9 Å². The lowest BCUT2D eigenvalue weighted by molar-refractivity contribution is -0.200. The first-order valence-corrected chi connectivity index (χ1v) is 39.5. The molecule has 0 aromatic rings. The summed E-state index contributed by atoms with van der Waals surface area (Å²) in [5, 5.41) is 26.1. The van der Waals surface area contributed by atoms with E-state index in [0.717, 1.165) is 49.7 Å². The highest BCUT2D eigenvalue weighted by atomic mass is 31.3. The van der Waals surface area contributed by atoms with Crippen LogP contribution in [0.3, 0.4) is 0 Å². The Labute approximate surface area is 559 Å². The molecule has 0 radical (unpaired) electrons. The second kappa shape index (κ2) is 29.3. The summed E-state index contributed by atoms with van der Waals surface area (Å²) in [6.45, 7) is 8.20. The summed E-state index contributed by atoms with van der Waals surface area (Å²) in [6.07, 6.45) is 16.3. The first kappa shape index (κ1) is 75.5. The second-order valence-corrected chi connectivity index (χ2v) is 34.3. The molecule has 9 aliphatic carbocycles. The molecule has 2 aliphatic heterocycles. The van der Waals surface area contributed by atoms with Crippen molar-refractivity contribution in [2.75, 3.05) is 46.1 Å². The quantitative estimate of drug-likeness (QED) is 0.0238. The molecule has 8 fully saturated rings. The van der Waals surface area contributed by atoms with Crippen LogP contribution in [0.25, 0.3) is 0 Å². The number of carbonyl (C=O) groups is 5. The lowest BCUT2D eigenvalue weighted by Crippen LogP contribution is -2.63. The number of hydrogen-bond donors (Lipinski definition) is 8. The molecule has 0 bridgehead atoms. The van der Waals surface area contributed by atoms with Gasteiger partial charge in [-0.3, -0.25) is 42.1 Å². The monoisotopic (exact) mass is 1430 g/mol. The van der Waals surface area contributed by atoms with Crippen LogP contribution in [-0.4, -0.2) is 159 Å². The van der Waals surface area contributed by atoms with Crippen molar-refractivity contribution in [2.45, 2.75) is 205 Å². The number of ketones is 4. The first-order chi connectivity index (χ1) is 45.2. The van der Waals surface area contributed by atoms with Crippen LogP contribution in [0.1, 0.15) is 151 Å². The summed E-state index contributed by atoms with van der Waals surface area (Å²) in [7, 11) is -20.8. The molecule has 32 heteroatoms. The molecule has 11 rings (SSSR count). The van der Waals surface area contributed by atoms with E-state index < -0.39 is 145 Å². The zero-order valence-corrected chi connectivity index (χ0v) is 58.7. The largest absolute Gasteiger partial charge is 0.481 e. The fraction of sp³-hybridized carbons (Fsp3) is 0.766. The summed E-state index contributed by atoms with van der Waals surface area (Å²) in [4.78, 5) is 105. The number of aliphatic hydroxyl groups is 2. The minimum atomic E-state index is -5.37. The highest BCUT2D eigenvalue weighted by Gasteiger charge is 2.78. The van der Waals surface area contributed by atoms with Crippen molar-refractivity contribution >= 4 is 60.3 Å². The fourth-order valence-corrected chi connectivity index (χ4v) is 22.8. The smallest absolute Gasteiger partial charge is 0.393 e. The maximum Gasteiger partial charge on any atom is 0.481 e. The Balaban J connectivity index is 0.000000215. The van der Waals surface area contributed by atoms with E-state index in [4.69, 9.17) is 43.0 Å². The third-order valence-corrected chi connectivity index (χ3v) is 27.8. The number of carbonyl (C=O) groups excluding carboxylic acids is 5. The molecule has 0 spiro atoms. The van der Waals surface area contributed by atoms with Crippen LogP contribution in [0.5, 0.6) is 0 Å². The number of aliphatic hydroxyl groups excluding tert-OH is 2. The number of ether oxygens (including phenoxy) is 5. The van der Waals surface area contributed by atoms with Crippen LogP contribution in [0.15, 0.2) is 47.6 Å². The zero-order chi connectivity index (χ0) is 69.7. The molecule has 7 unspecified atom stereocenters. The van der Waals surface area contributed by atoms with E-state index in [-0.39, 0.29) is 85.7 Å². The molecule has 1 amide bonds. The molecule has 11 aliphatic rings. The van der Waals surface area contributed by atoms with Gasteiger partial charge in [0.2, 0.25) is 5.91 Å². The number of rotatable bonds is 26. The van der Waals surface area contributed by atoms with Gasteiger partial charge < -0.3 is 64.5 Å². The number of hydrogen-bond acceptors (Lipinski definition) is 23. The molecule has 2 saturated heterocycles. The van der Waals surface area contributed by atoms with E-state index in [1.165, 1.54) is 0 Å². The van der Waals surface area contributed by atoms with E-state index in [9.17, 15) is 72.0 Å². The zero-order valence-electron chi connectivity index (χ0n) is 55.2. The van der Waals surface area contributed by atoms with Crippen molar-refractivity contribution in [3.63, 3.8) is 0 Å². The summed E-state index contributed by atoms with van der Waals surface area (Å²) in [5.74, 6) is 3.26. The number of fused-ring (bicyclic) bond motifs is 14. The van der Waals surface area contributed by atoms with Crippen molar-refractivity contribution in [3.8, 4) is 11.8 Å². The topological polar surface area (TPSA) is 415 Å². The first-order valence-electron chi connectivity index (χ1n) is 33.5. The van der Waals surface area contributed by atoms with E-state index in [0.29, 0.717) is 57.8 Å². The normalized spacial score (nSPS) is 41.0. The van der Waals surface area contributed by atoms with Crippen LogP contribution in [0.2, 0.25) is 0 Å². The molecule has 96 heavy (non-hydrogen) atoms. The number of amides is 1. The third kappa shape index (κ3) is 14.8. The SMILES string of the molecule is CCCC1O[C@@H]2C[C@H]3[C@@H]4CCC5=CC(=O)C=C[C@]5(C)[C@H]4[C@@H](O)C[C@]3(C)[C@]2(C(=O)COP(=O)(O)OP(=O)(O)OCCN)O1.CCCC1O[C@@H]2C[C@H]3[C@@H]4CCC5=CC(=O)C=C[C@]5(C)[C@H]4[C@@H](O)C[C@]3(C)[C@]2(C(=O)COP(=O)(O)OP(=O)(O)OCCNC(=O)COC2C#CCCCCC2)O1. The van der Waals surface area contributed by atoms with E-state index in [2.05, 4.69) is 37.2 Å². The van der Waals surface area contributed by atoms with Gasteiger partial charge in [0.1, 0.15) is 25.9 Å². The third-order valence-electron chi connectivity index (χ3n) is 22.6. The second-order valence-electron chi connectivity index (χ2n) is 28.2. The lowest BCUT2D eigenvalue weighted by Gasteiger charge is -2.59. The fourth-order valence-electron chi connectivity index (χ4n) is 18.7. The summed E-state index contributed by atoms with van der Waals surface area (Å²) in [5.41, 5.74) is 1.03. The van der Waals surface area contributed by atoms with Gasteiger partial charge >= 0.3 is 31.3 Å². The summed E-state index contributed by atoms with van der Waals surface area (Å²) < 4.78 is 109. The molecular weight excluding hydrogens is 1340 g/mol. The predicted octanol–water partition coefficient (Wildman–Crippen LogP) is 7.38. The van der Waals surface area contributed by atoms with Gasteiger partial charge in [-0.05, 0) is 131 Å². The van der Waals surface area contributed by atoms with Gasteiger partial charge in [-0.1, -0.05) is 90.0 Å². The molecule has 536 valence electrons. The maximum absolute atomic E-state index is 14.3. The number of allylic oxidation sites excluding steroid dienone is 8. The minimum absolute atomic E-state index is 0.0148. The van der Waals surface area contributed by atoms with Gasteiger partial charge in [0, 0.05) is 53.0 Å². The van der Waals surface area contributed by atoms with Crippen molar-refractivity contribution in [3.05, 3.63) is 47.6 Å². The lowest BCUT2D eigenvalue weighted by atomic mass is 9.46. The van der Waals surface area contributed by atoms with E-state index >= 15 is 0 Å². The molecule has 28 nitrogen and oxygen atoms in total. The van der Waals surface area contributed by atoms with E-state index in [1.807, 2.05) is 46.8 Å². The standard InChI is InChI=1S/C37H53NO14P2.C27H41NO12P2/c1-4-10-33-50-31-20-28-27-14-13-24-19-25(39)15-16-35(24,2)34(27)29(40)21-36(28,3)37(31,51-33)30(41)22-49-54(45,46)52-53(43,44)48-18-17-38-32(42)23-47-26-11-8-6-5-7-9-12-26;1-4-5-23-38-22-13-19-18-7-6-16-12-17(29)8-9-25(16,2)24(18)20(30)14-26(19,3)27(22,39-23)21(31)15-37-42(34,35)40-41(32,33)36-11-10-28/h15-16,19,26-29,31,33-34,40H,4-8,10-11,13-14,17-18,20-23H2,1-3H3,(H,38,42)(H,43,44)(H,45,46);8-9,12,18-20,22-24,30H,4-7,10-11,13-15,28H2,1-3H3,(H,32,33)(H,34,35)/t26?,27-,28-,29-,31+,33?,34+,35-,36-,37+;18-,19-,20-,22+,23?,24+,25-,26-,27+/m00/s1. The number of nitrogens with one attached hydrogen (secondary N) is 1. The Hall–Kier alpha value is -3.13. The van der Waals surface area contributed by atoms with Crippen LogP contribution in [0, 0.1) is 69.0 Å². The molecule has 2 heterocycles. The van der Waals surface area contributed by atoms with Gasteiger partial charge in [0.05, 0.1) is 37.6 Å². The minimum Gasteiger partial charge on any atom is -0.393 e. The Morgan fingerprint density at radius 3 is 1.56 bits per heavy atom. The molecule has 0 aromatic carbocycles. The summed E-state index contributed by atoms with van der Waals surface area (Å²) in [6, 6.07) is 0. The number of phosphoric ester groups is 4. The van der Waals surface area contributed by atoms with Crippen molar-refractivity contribution in [1.82, 2.24) is 5.32 Å². The van der Waals surface area contributed by atoms with Gasteiger partial charge in [0.15, 0.2) is 46.9 Å². The Bertz CT molecular complexity index is 3390. The molecule has 23 atom stereocenters. The maximum atomic E-state index is 14.3. The van der Waals surface area contributed by atoms with Gasteiger partial charge in [-0.2, -0.15) is 8.62 Å². The average Bonchev–Trinajstić information content (AvgIpc) is 1.52. The Morgan fingerprint density at radius 1 is 0.646 bits per heavy atom. The van der Waals surface area contributed by atoms with Crippen molar-refractivity contribution < 1.29 is 122 Å². The molecule has 9 N–H and O–H groups in total. The number of Topliss-reactive ketones (excluding diaryl/α,β-unsaturated/α-hetero) is 2. The number of phosphoric acid groups is 4. The predicted molar refractivity (Wildman–Crippen MR) is 340 cm³/mol. The van der Waals surface area contributed by atoms with Crippen molar-refractivity contribution in [1.29, 1.82) is 0 Å². The van der Waals surface area contributed by atoms with E-state index in [1.54, 1.807) is 24.3 Å². The van der Waals surface area contributed by atoms with Gasteiger partial charge in [0.25, 0.3) is 0 Å². The van der Waals surface area contributed by atoms with Crippen LogP contribution in [0.4, 0.5) is 0 Å². The Morgan fingerprint density at radius 2 is 1.10 bits per heavy atom. The molecule has 0 aromatic heterocycles. The summed E-state index contributed by atoms with van der Waals surface area (Å²) >= 11 is 0. The average molecular weight is 1430 g/mol. The highest BCUT2D eigenvalue weighted by Crippen LogP contribution is 2.73. The highest BCUT2D eigenvalue weighted by molar-refractivity contribution is 7.61.